The summed E-state index contributed by atoms with van der Waals surface area (Å²) in [4.78, 5) is 4.34. The third-order valence-corrected chi connectivity index (χ3v) is 3.68. The SMILES string of the molecule is CNc1cccc(-c2ccnc(Cc3ccccc3)c2O)c1. The van der Waals surface area contributed by atoms with E-state index >= 15 is 0 Å². The summed E-state index contributed by atoms with van der Waals surface area (Å²) in [6.45, 7) is 0. The Hall–Kier alpha value is -2.81. The Morgan fingerprint density at radius 2 is 1.82 bits per heavy atom. The van der Waals surface area contributed by atoms with Gasteiger partial charge in [-0.2, -0.15) is 0 Å². The van der Waals surface area contributed by atoms with E-state index in [-0.39, 0.29) is 5.75 Å². The van der Waals surface area contributed by atoms with Crippen molar-refractivity contribution in [3.8, 4) is 16.9 Å². The average molecular weight is 290 g/mol. The largest absolute Gasteiger partial charge is 0.505 e. The Labute approximate surface area is 130 Å². The lowest BCUT2D eigenvalue weighted by atomic mass is 10.0. The van der Waals surface area contributed by atoms with Crippen LogP contribution >= 0.6 is 0 Å². The molecule has 22 heavy (non-hydrogen) atoms. The molecule has 2 aromatic carbocycles. The van der Waals surface area contributed by atoms with E-state index in [1.54, 1.807) is 6.20 Å². The van der Waals surface area contributed by atoms with Gasteiger partial charge in [0, 0.05) is 30.9 Å². The lowest BCUT2D eigenvalue weighted by Crippen LogP contribution is -1.95. The van der Waals surface area contributed by atoms with Crippen molar-refractivity contribution in [2.24, 2.45) is 0 Å². The maximum Gasteiger partial charge on any atom is 0.145 e. The van der Waals surface area contributed by atoms with Crippen molar-refractivity contribution in [3.63, 3.8) is 0 Å². The van der Waals surface area contributed by atoms with Gasteiger partial charge in [-0.15, -0.1) is 0 Å². The minimum absolute atomic E-state index is 0.250. The van der Waals surface area contributed by atoms with Crippen LogP contribution in [0, 0.1) is 0 Å². The number of pyridine rings is 1. The van der Waals surface area contributed by atoms with Crippen molar-refractivity contribution in [2.45, 2.75) is 6.42 Å². The van der Waals surface area contributed by atoms with Gasteiger partial charge in [0.2, 0.25) is 0 Å². The van der Waals surface area contributed by atoms with E-state index in [1.807, 2.05) is 67.7 Å². The fourth-order valence-corrected chi connectivity index (χ4v) is 2.49. The highest BCUT2D eigenvalue weighted by molar-refractivity contribution is 5.73. The molecular formula is C19H18N2O. The standard InChI is InChI=1S/C19H18N2O/c1-20-16-9-5-8-15(13-16)17-10-11-21-18(19(17)22)12-14-6-3-2-4-7-14/h2-11,13,20,22H,12H2,1H3. The molecule has 0 unspecified atom stereocenters. The van der Waals surface area contributed by atoms with E-state index in [1.165, 1.54) is 0 Å². The van der Waals surface area contributed by atoms with E-state index in [4.69, 9.17) is 0 Å². The number of anilines is 1. The third kappa shape index (κ3) is 2.93. The molecule has 3 heteroatoms. The van der Waals surface area contributed by atoms with Crippen LogP contribution in [0.1, 0.15) is 11.3 Å². The molecular weight excluding hydrogens is 272 g/mol. The van der Waals surface area contributed by atoms with Crippen LogP contribution < -0.4 is 5.32 Å². The van der Waals surface area contributed by atoms with Gasteiger partial charge in [-0.05, 0) is 29.3 Å². The van der Waals surface area contributed by atoms with Crippen molar-refractivity contribution in [2.75, 3.05) is 12.4 Å². The molecule has 0 spiro atoms. The molecule has 0 saturated heterocycles. The lowest BCUT2D eigenvalue weighted by molar-refractivity contribution is 0.467. The number of hydrogen-bond donors (Lipinski definition) is 2. The Bertz CT molecular complexity index is 769. The number of aromatic hydroxyl groups is 1. The second-order valence-corrected chi connectivity index (χ2v) is 5.15. The molecule has 2 N–H and O–H groups in total. The molecule has 0 atom stereocenters. The number of nitrogens with one attached hydrogen (secondary N) is 1. The van der Waals surface area contributed by atoms with Crippen LogP contribution in [-0.2, 0) is 6.42 Å². The molecule has 0 fully saturated rings. The fraction of sp³-hybridized carbons (Fsp3) is 0.105. The van der Waals surface area contributed by atoms with Gasteiger partial charge in [-0.3, -0.25) is 4.98 Å². The normalized spacial score (nSPS) is 10.4. The molecule has 3 rings (SSSR count). The summed E-state index contributed by atoms with van der Waals surface area (Å²) < 4.78 is 0. The van der Waals surface area contributed by atoms with Crippen LogP contribution in [-0.4, -0.2) is 17.1 Å². The van der Waals surface area contributed by atoms with Gasteiger partial charge in [-0.25, -0.2) is 0 Å². The van der Waals surface area contributed by atoms with Crippen LogP contribution in [0.2, 0.25) is 0 Å². The van der Waals surface area contributed by atoms with Gasteiger partial charge >= 0.3 is 0 Å². The van der Waals surface area contributed by atoms with Crippen molar-refractivity contribution >= 4 is 5.69 Å². The molecule has 1 aromatic heterocycles. The summed E-state index contributed by atoms with van der Waals surface area (Å²) in [6.07, 6.45) is 2.37. The topological polar surface area (TPSA) is 45.2 Å². The van der Waals surface area contributed by atoms with Gasteiger partial charge in [0.25, 0.3) is 0 Å². The molecule has 1 heterocycles. The van der Waals surface area contributed by atoms with E-state index in [9.17, 15) is 5.11 Å². The van der Waals surface area contributed by atoms with Crippen molar-refractivity contribution < 1.29 is 5.11 Å². The number of hydrogen-bond acceptors (Lipinski definition) is 3. The number of rotatable bonds is 4. The highest BCUT2D eigenvalue weighted by Gasteiger charge is 2.11. The van der Waals surface area contributed by atoms with E-state index in [2.05, 4.69) is 10.3 Å². The predicted molar refractivity (Wildman–Crippen MR) is 90.1 cm³/mol. The van der Waals surface area contributed by atoms with Crippen molar-refractivity contribution in [3.05, 3.63) is 78.1 Å². The van der Waals surface area contributed by atoms with E-state index in [0.717, 1.165) is 22.4 Å². The van der Waals surface area contributed by atoms with Gasteiger partial charge in [-0.1, -0.05) is 42.5 Å². The molecule has 0 aliphatic heterocycles. The Morgan fingerprint density at radius 1 is 1.00 bits per heavy atom. The average Bonchev–Trinajstić information content (AvgIpc) is 2.58. The summed E-state index contributed by atoms with van der Waals surface area (Å²) in [6, 6.07) is 19.9. The van der Waals surface area contributed by atoms with Crippen LogP contribution in [0.5, 0.6) is 5.75 Å². The minimum atomic E-state index is 0.250. The Kier molecular flexibility index (Phi) is 4.05. The molecule has 0 saturated carbocycles. The molecule has 110 valence electrons. The number of benzene rings is 2. The summed E-state index contributed by atoms with van der Waals surface area (Å²) in [7, 11) is 1.88. The van der Waals surface area contributed by atoms with Gasteiger partial charge in [0.05, 0.1) is 5.69 Å². The second-order valence-electron chi connectivity index (χ2n) is 5.15. The first kappa shape index (κ1) is 14.1. The van der Waals surface area contributed by atoms with Gasteiger partial charge in [0.15, 0.2) is 0 Å². The second kappa shape index (κ2) is 6.31. The first-order chi connectivity index (χ1) is 10.8. The van der Waals surface area contributed by atoms with Crippen molar-refractivity contribution in [1.29, 1.82) is 0 Å². The Morgan fingerprint density at radius 3 is 2.59 bits per heavy atom. The fourth-order valence-electron chi connectivity index (χ4n) is 2.49. The molecule has 0 amide bonds. The maximum absolute atomic E-state index is 10.6. The molecule has 0 aliphatic carbocycles. The monoisotopic (exact) mass is 290 g/mol. The van der Waals surface area contributed by atoms with E-state index in [0.29, 0.717) is 12.1 Å². The van der Waals surface area contributed by atoms with Crippen LogP contribution in [0.4, 0.5) is 5.69 Å². The predicted octanol–water partition coefficient (Wildman–Crippen LogP) is 4.09. The summed E-state index contributed by atoms with van der Waals surface area (Å²) in [5.74, 6) is 0.250. The van der Waals surface area contributed by atoms with Crippen LogP contribution in [0.3, 0.4) is 0 Å². The molecule has 0 aliphatic rings. The zero-order chi connectivity index (χ0) is 15.4. The number of aromatic nitrogens is 1. The van der Waals surface area contributed by atoms with Crippen LogP contribution in [0.25, 0.3) is 11.1 Å². The quantitative estimate of drug-likeness (QED) is 0.761. The summed E-state index contributed by atoms with van der Waals surface area (Å²) >= 11 is 0. The highest BCUT2D eigenvalue weighted by atomic mass is 16.3. The first-order valence-corrected chi connectivity index (χ1v) is 7.27. The molecule has 0 bridgehead atoms. The molecule has 3 nitrogen and oxygen atoms in total. The van der Waals surface area contributed by atoms with E-state index < -0.39 is 0 Å². The number of nitrogens with zero attached hydrogens (tertiary/aromatic N) is 1. The van der Waals surface area contributed by atoms with Gasteiger partial charge < -0.3 is 10.4 Å². The summed E-state index contributed by atoms with van der Waals surface area (Å²) in [5, 5.41) is 13.7. The summed E-state index contributed by atoms with van der Waals surface area (Å²) in [5.41, 5.74) is 4.61. The smallest absolute Gasteiger partial charge is 0.145 e. The van der Waals surface area contributed by atoms with Crippen LogP contribution in [0.15, 0.2) is 66.9 Å². The molecule has 0 radical (unpaired) electrons. The zero-order valence-corrected chi connectivity index (χ0v) is 12.5. The first-order valence-electron chi connectivity index (χ1n) is 7.27. The maximum atomic E-state index is 10.6. The molecule has 3 aromatic rings. The Balaban J connectivity index is 1.98. The zero-order valence-electron chi connectivity index (χ0n) is 12.5. The minimum Gasteiger partial charge on any atom is -0.505 e. The van der Waals surface area contributed by atoms with Gasteiger partial charge in [0.1, 0.15) is 5.75 Å². The highest BCUT2D eigenvalue weighted by Crippen LogP contribution is 2.33. The third-order valence-electron chi connectivity index (χ3n) is 3.68. The van der Waals surface area contributed by atoms with Crippen molar-refractivity contribution in [1.82, 2.24) is 4.98 Å². The lowest BCUT2D eigenvalue weighted by Gasteiger charge is -2.10.